The molecule has 0 bridgehead atoms. The van der Waals surface area contributed by atoms with Crippen LogP contribution in [0.2, 0.25) is 0 Å². The molecule has 5 nitrogen and oxygen atoms in total. The fraction of sp³-hybridized carbons (Fsp3) is 0.188. The number of nitrogens with zero attached hydrogens (tertiary/aromatic N) is 1. The molecule has 0 aliphatic heterocycles. The standard InChI is InChI=1S/C16H16N2O3/c1-11(14-5-3-4-10-17-14)18-15(19)12-6-8-13(9-7-12)16(20)21-2/h3-11H,1-2H3,(H,18,19)/t11-/m1/s1. The molecule has 0 aliphatic rings. The van der Waals surface area contributed by atoms with Crippen LogP contribution in [0.4, 0.5) is 0 Å². The lowest BCUT2D eigenvalue weighted by Crippen LogP contribution is -2.27. The van der Waals surface area contributed by atoms with Gasteiger partial charge in [0, 0.05) is 11.8 Å². The quantitative estimate of drug-likeness (QED) is 0.875. The van der Waals surface area contributed by atoms with Crippen LogP contribution in [0.5, 0.6) is 0 Å². The first kappa shape index (κ1) is 14.7. The summed E-state index contributed by atoms with van der Waals surface area (Å²) in [5, 5.41) is 2.86. The molecule has 0 fully saturated rings. The van der Waals surface area contributed by atoms with Crippen LogP contribution in [0.1, 0.15) is 39.4 Å². The van der Waals surface area contributed by atoms with E-state index in [1.807, 2.05) is 25.1 Å². The maximum atomic E-state index is 12.1. The Hall–Kier alpha value is -2.69. The van der Waals surface area contributed by atoms with Gasteiger partial charge in [0.05, 0.1) is 24.4 Å². The normalized spacial score (nSPS) is 11.5. The van der Waals surface area contributed by atoms with Gasteiger partial charge in [0.25, 0.3) is 5.91 Å². The lowest BCUT2D eigenvalue weighted by Gasteiger charge is -2.13. The van der Waals surface area contributed by atoms with Crippen LogP contribution >= 0.6 is 0 Å². The molecule has 1 aromatic heterocycles. The molecule has 1 N–H and O–H groups in total. The third-order valence-electron chi connectivity index (χ3n) is 3.05. The number of amides is 1. The van der Waals surface area contributed by atoms with Crippen LogP contribution in [0.25, 0.3) is 0 Å². The van der Waals surface area contributed by atoms with Crippen molar-refractivity contribution in [3.63, 3.8) is 0 Å². The first-order valence-electron chi connectivity index (χ1n) is 6.52. The summed E-state index contributed by atoms with van der Waals surface area (Å²) in [6.45, 7) is 1.86. The Labute approximate surface area is 123 Å². The zero-order chi connectivity index (χ0) is 15.2. The summed E-state index contributed by atoms with van der Waals surface area (Å²) in [6.07, 6.45) is 1.68. The number of hydrogen-bond acceptors (Lipinski definition) is 4. The Bertz CT molecular complexity index is 624. The minimum Gasteiger partial charge on any atom is -0.465 e. The van der Waals surface area contributed by atoms with Crippen molar-refractivity contribution in [1.29, 1.82) is 0 Å². The van der Waals surface area contributed by atoms with E-state index in [2.05, 4.69) is 15.0 Å². The predicted molar refractivity (Wildman–Crippen MR) is 77.9 cm³/mol. The molecular formula is C16H16N2O3. The summed E-state index contributed by atoms with van der Waals surface area (Å²) >= 11 is 0. The number of methoxy groups -OCH3 is 1. The largest absolute Gasteiger partial charge is 0.465 e. The summed E-state index contributed by atoms with van der Waals surface area (Å²) in [5.74, 6) is -0.645. The van der Waals surface area contributed by atoms with E-state index in [-0.39, 0.29) is 11.9 Å². The molecule has 0 spiro atoms. The molecule has 0 saturated carbocycles. The summed E-state index contributed by atoms with van der Waals surface area (Å²) in [6, 6.07) is 11.7. The Kier molecular flexibility index (Phi) is 4.66. The molecular weight excluding hydrogens is 268 g/mol. The number of carbonyl (C=O) groups excluding carboxylic acids is 2. The first-order valence-corrected chi connectivity index (χ1v) is 6.52. The predicted octanol–water partition coefficient (Wildman–Crippen LogP) is 2.36. The average Bonchev–Trinajstić information content (AvgIpc) is 2.55. The molecule has 0 radical (unpaired) electrons. The van der Waals surface area contributed by atoms with Crippen molar-refractivity contribution in [3.8, 4) is 0 Å². The second kappa shape index (κ2) is 6.65. The number of hydrogen-bond donors (Lipinski definition) is 1. The maximum absolute atomic E-state index is 12.1. The van der Waals surface area contributed by atoms with Crippen LogP contribution in [0, 0.1) is 0 Å². The highest BCUT2D eigenvalue weighted by Gasteiger charge is 2.13. The van der Waals surface area contributed by atoms with Gasteiger partial charge in [0.15, 0.2) is 0 Å². The Morgan fingerprint density at radius 1 is 1.10 bits per heavy atom. The van der Waals surface area contributed by atoms with Gasteiger partial charge in [-0.2, -0.15) is 0 Å². The van der Waals surface area contributed by atoms with Crippen molar-refractivity contribution in [2.45, 2.75) is 13.0 Å². The van der Waals surface area contributed by atoms with Crippen molar-refractivity contribution < 1.29 is 14.3 Å². The Morgan fingerprint density at radius 3 is 2.33 bits per heavy atom. The van der Waals surface area contributed by atoms with Gasteiger partial charge in [-0.25, -0.2) is 4.79 Å². The molecule has 1 atom stereocenters. The van der Waals surface area contributed by atoms with Gasteiger partial charge >= 0.3 is 5.97 Å². The molecule has 108 valence electrons. The fourth-order valence-electron chi connectivity index (χ4n) is 1.86. The maximum Gasteiger partial charge on any atom is 0.337 e. The van der Waals surface area contributed by atoms with Crippen LogP contribution in [0.15, 0.2) is 48.7 Å². The molecule has 1 amide bonds. The van der Waals surface area contributed by atoms with E-state index < -0.39 is 5.97 Å². The summed E-state index contributed by atoms with van der Waals surface area (Å²) in [4.78, 5) is 27.6. The van der Waals surface area contributed by atoms with E-state index in [0.29, 0.717) is 11.1 Å². The SMILES string of the molecule is COC(=O)c1ccc(C(=O)N[C@H](C)c2ccccn2)cc1. The minimum atomic E-state index is -0.427. The number of pyridine rings is 1. The van der Waals surface area contributed by atoms with E-state index in [1.165, 1.54) is 7.11 Å². The lowest BCUT2D eigenvalue weighted by atomic mass is 10.1. The summed E-state index contributed by atoms with van der Waals surface area (Å²) < 4.78 is 4.61. The minimum absolute atomic E-state index is 0.195. The number of ether oxygens (including phenoxy) is 1. The van der Waals surface area contributed by atoms with Crippen molar-refractivity contribution in [2.75, 3.05) is 7.11 Å². The van der Waals surface area contributed by atoms with E-state index in [9.17, 15) is 9.59 Å². The van der Waals surface area contributed by atoms with Gasteiger partial charge in [0.2, 0.25) is 0 Å². The zero-order valence-corrected chi connectivity index (χ0v) is 11.9. The average molecular weight is 284 g/mol. The van der Waals surface area contributed by atoms with Gasteiger partial charge in [-0.05, 0) is 43.3 Å². The van der Waals surface area contributed by atoms with Gasteiger partial charge in [0.1, 0.15) is 0 Å². The van der Waals surface area contributed by atoms with Gasteiger partial charge in [-0.1, -0.05) is 6.07 Å². The Balaban J connectivity index is 2.05. The molecule has 0 saturated heterocycles. The molecule has 2 aromatic rings. The molecule has 1 aromatic carbocycles. The summed E-state index contributed by atoms with van der Waals surface area (Å²) in [5.41, 5.74) is 1.68. The third kappa shape index (κ3) is 3.66. The van der Waals surface area contributed by atoms with E-state index >= 15 is 0 Å². The molecule has 1 heterocycles. The van der Waals surface area contributed by atoms with Crippen molar-refractivity contribution >= 4 is 11.9 Å². The van der Waals surface area contributed by atoms with Crippen molar-refractivity contribution in [2.24, 2.45) is 0 Å². The van der Waals surface area contributed by atoms with Crippen molar-refractivity contribution in [3.05, 3.63) is 65.5 Å². The van der Waals surface area contributed by atoms with Gasteiger partial charge < -0.3 is 10.1 Å². The molecule has 5 heteroatoms. The summed E-state index contributed by atoms with van der Waals surface area (Å²) in [7, 11) is 1.32. The fourth-order valence-corrected chi connectivity index (χ4v) is 1.86. The van der Waals surface area contributed by atoms with Crippen LogP contribution < -0.4 is 5.32 Å². The highest BCUT2D eigenvalue weighted by atomic mass is 16.5. The topological polar surface area (TPSA) is 68.3 Å². The number of esters is 1. The van der Waals surface area contributed by atoms with Crippen LogP contribution in [-0.4, -0.2) is 24.0 Å². The molecule has 0 unspecified atom stereocenters. The lowest BCUT2D eigenvalue weighted by molar-refractivity contribution is 0.0600. The highest BCUT2D eigenvalue weighted by molar-refractivity contribution is 5.96. The van der Waals surface area contributed by atoms with E-state index in [0.717, 1.165) is 5.69 Å². The van der Waals surface area contributed by atoms with E-state index in [1.54, 1.807) is 30.5 Å². The van der Waals surface area contributed by atoms with Gasteiger partial charge in [-0.15, -0.1) is 0 Å². The number of rotatable bonds is 4. The second-order valence-corrected chi connectivity index (χ2v) is 4.52. The van der Waals surface area contributed by atoms with Crippen LogP contribution in [0.3, 0.4) is 0 Å². The Morgan fingerprint density at radius 2 is 1.76 bits per heavy atom. The van der Waals surface area contributed by atoms with Crippen LogP contribution in [-0.2, 0) is 4.74 Å². The smallest absolute Gasteiger partial charge is 0.337 e. The van der Waals surface area contributed by atoms with Crippen molar-refractivity contribution in [1.82, 2.24) is 10.3 Å². The molecule has 0 aliphatic carbocycles. The number of nitrogens with one attached hydrogen (secondary N) is 1. The number of aromatic nitrogens is 1. The van der Waals surface area contributed by atoms with Gasteiger partial charge in [-0.3, -0.25) is 9.78 Å². The number of benzene rings is 1. The first-order chi connectivity index (χ1) is 10.1. The second-order valence-electron chi connectivity index (χ2n) is 4.52. The highest BCUT2D eigenvalue weighted by Crippen LogP contribution is 2.11. The third-order valence-corrected chi connectivity index (χ3v) is 3.05. The monoisotopic (exact) mass is 284 g/mol. The zero-order valence-electron chi connectivity index (χ0n) is 11.9. The molecule has 21 heavy (non-hydrogen) atoms. The number of carbonyl (C=O) groups is 2. The molecule has 2 rings (SSSR count). The van der Waals surface area contributed by atoms with E-state index in [4.69, 9.17) is 0 Å².